The Bertz CT molecular complexity index is 501. The molecule has 1 aliphatic rings. The maximum Gasteiger partial charge on any atom is 0.246 e. The molecule has 0 aliphatic carbocycles. The lowest BCUT2D eigenvalue weighted by atomic mass is 10.0. The van der Waals surface area contributed by atoms with Crippen LogP contribution < -0.4 is 5.32 Å². The van der Waals surface area contributed by atoms with Crippen molar-refractivity contribution in [3.63, 3.8) is 0 Å². The second-order valence-electron chi connectivity index (χ2n) is 4.54. The summed E-state index contributed by atoms with van der Waals surface area (Å²) >= 11 is 3.22. The van der Waals surface area contributed by atoms with Crippen molar-refractivity contribution in [3.05, 3.63) is 34.1 Å². The minimum absolute atomic E-state index is 0.156. The Kier molecular flexibility index (Phi) is 4.31. The van der Waals surface area contributed by atoms with E-state index < -0.39 is 0 Å². The van der Waals surface area contributed by atoms with Crippen LogP contribution in [-0.4, -0.2) is 29.8 Å². The van der Waals surface area contributed by atoms with E-state index in [1.807, 2.05) is 0 Å². The van der Waals surface area contributed by atoms with Crippen LogP contribution in [0.1, 0.15) is 18.4 Å². The standard InChI is InChI=1S/C13H14BrFN2O2/c1-17-12(18)3-2-11(13(17)19)16-7-8-4-9(14)6-10(15)5-8/h4-6,11,16H,2-3,7H2,1H3. The Morgan fingerprint density at radius 2 is 2.16 bits per heavy atom. The van der Waals surface area contributed by atoms with Crippen molar-refractivity contribution in [1.29, 1.82) is 0 Å². The Labute approximate surface area is 119 Å². The summed E-state index contributed by atoms with van der Waals surface area (Å²) in [6, 6.07) is 4.20. The van der Waals surface area contributed by atoms with Crippen LogP contribution in [-0.2, 0) is 16.1 Å². The lowest BCUT2D eigenvalue weighted by Gasteiger charge is -2.28. The number of benzene rings is 1. The first-order valence-electron chi connectivity index (χ1n) is 5.96. The van der Waals surface area contributed by atoms with E-state index >= 15 is 0 Å². The number of likely N-dealkylation sites (tertiary alicyclic amines) is 1. The molecule has 0 spiro atoms. The van der Waals surface area contributed by atoms with Crippen LogP contribution in [0.3, 0.4) is 0 Å². The molecule has 1 aromatic carbocycles. The van der Waals surface area contributed by atoms with Gasteiger partial charge in [-0.2, -0.15) is 0 Å². The van der Waals surface area contributed by atoms with Crippen molar-refractivity contribution < 1.29 is 14.0 Å². The molecule has 6 heteroatoms. The number of carbonyl (C=O) groups excluding carboxylic acids is 2. The highest BCUT2D eigenvalue weighted by Crippen LogP contribution is 2.16. The van der Waals surface area contributed by atoms with E-state index in [-0.39, 0.29) is 23.7 Å². The highest BCUT2D eigenvalue weighted by atomic mass is 79.9. The molecule has 1 unspecified atom stereocenters. The van der Waals surface area contributed by atoms with E-state index in [0.717, 1.165) is 10.5 Å². The number of halogens is 2. The van der Waals surface area contributed by atoms with Gasteiger partial charge in [-0.25, -0.2) is 4.39 Å². The lowest BCUT2D eigenvalue weighted by Crippen LogP contribution is -2.51. The molecule has 19 heavy (non-hydrogen) atoms. The highest BCUT2D eigenvalue weighted by Gasteiger charge is 2.31. The van der Waals surface area contributed by atoms with Gasteiger partial charge < -0.3 is 5.32 Å². The molecule has 2 amide bonds. The first kappa shape index (κ1) is 14.1. The van der Waals surface area contributed by atoms with E-state index in [2.05, 4.69) is 21.2 Å². The van der Waals surface area contributed by atoms with Crippen LogP contribution >= 0.6 is 15.9 Å². The summed E-state index contributed by atoms with van der Waals surface area (Å²) < 4.78 is 13.9. The first-order valence-corrected chi connectivity index (χ1v) is 6.75. The largest absolute Gasteiger partial charge is 0.302 e. The van der Waals surface area contributed by atoms with Crippen molar-refractivity contribution in [2.75, 3.05) is 7.05 Å². The van der Waals surface area contributed by atoms with Crippen LogP contribution in [0, 0.1) is 5.82 Å². The van der Waals surface area contributed by atoms with Crippen LogP contribution in [0.5, 0.6) is 0 Å². The van der Waals surface area contributed by atoms with Crippen molar-refractivity contribution >= 4 is 27.7 Å². The second kappa shape index (κ2) is 5.79. The molecule has 4 nitrogen and oxygen atoms in total. The fraction of sp³-hybridized carbons (Fsp3) is 0.385. The number of nitrogens with one attached hydrogen (secondary N) is 1. The van der Waals surface area contributed by atoms with Crippen molar-refractivity contribution in [2.45, 2.75) is 25.4 Å². The second-order valence-corrected chi connectivity index (χ2v) is 5.46. The molecule has 1 N–H and O–H groups in total. The molecule has 0 radical (unpaired) electrons. The van der Waals surface area contributed by atoms with Gasteiger partial charge in [0.05, 0.1) is 6.04 Å². The maximum absolute atomic E-state index is 13.2. The van der Waals surface area contributed by atoms with Crippen LogP contribution in [0.2, 0.25) is 0 Å². The zero-order valence-electron chi connectivity index (χ0n) is 10.5. The van der Waals surface area contributed by atoms with Gasteiger partial charge in [0.15, 0.2) is 0 Å². The van der Waals surface area contributed by atoms with Crippen LogP contribution in [0.25, 0.3) is 0 Å². The zero-order valence-corrected chi connectivity index (χ0v) is 12.0. The molecule has 2 rings (SSSR count). The number of piperidine rings is 1. The fourth-order valence-corrected chi connectivity index (χ4v) is 2.57. The van der Waals surface area contributed by atoms with E-state index in [9.17, 15) is 14.0 Å². The monoisotopic (exact) mass is 328 g/mol. The minimum atomic E-state index is -0.384. The molecule has 102 valence electrons. The van der Waals surface area contributed by atoms with Gasteiger partial charge >= 0.3 is 0 Å². The fourth-order valence-electron chi connectivity index (χ4n) is 2.06. The summed E-state index contributed by atoms with van der Waals surface area (Å²) in [4.78, 5) is 24.3. The summed E-state index contributed by atoms with van der Waals surface area (Å²) in [5, 5.41) is 3.06. The zero-order chi connectivity index (χ0) is 14.0. The molecule has 0 saturated carbocycles. The molecular weight excluding hydrogens is 315 g/mol. The van der Waals surface area contributed by atoms with Gasteiger partial charge in [-0.1, -0.05) is 15.9 Å². The number of likely N-dealkylation sites (N-methyl/N-ethyl adjacent to an activating group) is 1. The lowest BCUT2D eigenvalue weighted by molar-refractivity contribution is -0.148. The average molecular weight is 329 g/mol. The number of hydrogen-bond acceptors (Lipinski definition) is 3. The number of carbonyl (C=O) groups is 2. The normalized spacial score (nSPS) is 19.9. The Morgan fingerprint density at radius 1 is 1.42 bits per heavy atom. The van der Waals surface area contributed by atoms with Crippen molar-refractivity contribution in [2.24, 2.45) is 0 Å². The maximum atomic E-state index is 13.2. The third-order valence-electron chi connectivity index (χ3n) is 3.12. The molecule has 1 saturated heterocycles. The van der Waals surface area contributed by atoms with Gasteiger partial charge in [-0.05, 0) is 30.2 Å². The van der Waals surface area contributed by atoms with Gasteiger partial charge in [0.2, 0.25) is 11.8 Å². The average Bonchev–Trinajstić information content (AvgIpc) is 2.34. The van der Waals surface area contributed by atoms with Gasteiger partial charge in [0.25, 0.3) is 0 Å². The molecule has 1 aliphatic heterocycles. The molecule has 1 fully saturated rings. The summed E-state index contributed by atoms with van der Waals surface area (Å²) in [5.41, 5.74) is 0.749. The quantitative estimate of drug-likeness (QED) is 0.861. The number of amides is 2. The Morgan fingerprint density at radius 3 is 2.84 bits per heavy atom. The number of hydrogen-bond donors (Lipinski definition) is 1. The molecular formula is C13H14BrFN2O2. The van der Waals surface area contributed by atoms with Crippen molar-refractivity contribution in [3.8, 4) is 0 Å². The third-order valence-corrected chi connectivity index (χ3v) is 3.58. The van der Waals surface area contributed by atoms with E-state index in [4.69, 9.17) is 0 Å². The molecule has 0 bridgehead atoms. The number of imide groups is 1. The molecule has 1 aromatic rings. The predicted molar refractivity (Wildman–Crippen MR) is 71.7 cm³/mol. The van der Waals surface area contributed by atoms with E-state index in [1.165, 1.54) is 19.2 Å². The van der Waals surface area contributed by atoms with Gasteiger partial charge in [0.1, 0.15) is 5.82 Å². The number of nitrogens with zero attached hydrogens (tertiary/aromatic N) is 1. The van der Waals surface area contributed by atoms with Gasteiger partial charge in [0, 0.05) is 24.5 Å². The Hall–Kier alpha value is -1.27. The first-order chi connectivity index (χ1) is 8.97. The smallest absolute Gasteiger partial charge is 0.246 e. The summed E-state index contributed by atoms with van der Waals surface area (Å²) in [6.45, 7) is 0.384. The van der Waals surface area contributed by atoms with Crippen molar-refractivity contribution in [1.82, 2.24) is 10.2 Å². The highest BCUT2D eigenvalue weighted by molar-refractivity contribution is 9.10. The molecule has 1 heterocycles. The topological polar surface area (TPSA) is 49.4 Å². The molecule has 1 atom stereocenters. The summed E-state index contributed by atoms with van der Waals surface area (Å²) in [7, 11) is 1.48. The van der Waals surface area contributed by atoms with E-state index in [1.54, 1.807) is 6.07 Å². The third kappa shape index (κ3) is 3.39. The Balaban J connectivity index is 1.99. The van der Waals surface area contributed by atoms with Crippen LogP contribution in [0.4, 0.5) is 4.39 Å². The summed E-state index contributed by atoms with van der Waals surface area (Å²) in [5.74, 6) is -0.711. The SMILES string of the molecule is CN1C(=O)CCC(NCc2cc(F)cc(Br)c2)C1=O. The minimum Gasteiger partial charge on any atom is -0.302 e. The van der Waals surface area contributed by atoms with Crippen LogP contribution in [0.15, 0.2) is 22.7 Å². The number of rotatable bonds is 3. The predicted octanol–water partition coefficient (Wildman–Crippen LogP) is 1.83. The van der Waals surface area contributed by atoms with Gasteiger partial charge in [-0.3, -0.25) is 14.5 Å². The van der Waals surface area contributed by atoms with E-state index in [0.29, 0.717) is 23.9 Å². The molecule has 0 aromatic heterocycles. The summed E-state index contributed by atoms with van der Waals surface area (Å²) in [6.07, 6.45) is 0.839. The van der Waals surface area contributed by atoms with Gasteiger partial charge in [-0.15, -0.1) is 0 Å².